The van der Waals surface area contributed by atoms with Gasteiger partial charge in [0.05, 0.1) is 12.8 Å². The molecule has 0 heterocycles. The molecule has 2 aromatic carbocycles. The van der Waals surface area contributed by atoms with E-state index in [9.17, 15) is 9.59 Å². The number of nitrogens with one attached hydrogen (secondary N) is 1. The number of amides is 2. The Kier molecular flexibility index (Phi) is 5.60. The number of para-hydroxylation sites is 2. The van der Waals surface area contributed by atoms with Crippen LogP contribution in [0.2, 0.25) is 5.02 Å². The van der Waals surface area contributed by atoms with Crippen LogP contribution in [0, 0.1) is 0 Å². The maximum absolute atomic E-state index is 12.2. The molecule has 23 heavy (non-hydrogen) atoms. The predicted molar refractivity (Wildman–Crippen MR) is 91.1 cm³/mol. The number of rotatable bonds is 5. The van der Waals surface area contributed by atoms with Crippen molar-refractivity contribution in [1.82, 2.24) is 0 Å². The quantitative estimate of drug-likeness (QED) is 0.913. The van der Waals surface area contributed by atoms with E-state index in [1.807, 2.05) is 0 Å². The Morgan fingerprint density at radius 2 is 1.91 bits per heavy atom. The molecule has 1 N–H and O–H groups in total. The molecule has 0 aliphatic carbocycles. The van der Waals surface area contributed by atoms with Crippen LogP contribution in [0.5, 0.6) is 5.75 Å². The van der Waals surface area contributed by atoms with E-state index in [1.165, 1.54) is 18.9 Å². The highest BCUT2D eigenvalue weighted by Gasteiger charge is 2.19. The standard InChI is InChI=1S/C17H17ClN2O3/c1-12(21)20(15-8-3-4-9-16(15)23-2)11-17(22)19-14-7-5-6-13(18)10-14/h3-10H,11H2,1-2H3,(H,19,22). The molecule has 0 aromatic heterocycles. The second-order valence-corrected chi connectivity index (χ2v) is 5.27. The summed E-state index contributed by atoms with van der Waals surface area (Å²) < 4.78 is 5.25. The Labute approximate surface area is 139 Å². The van der Waals surface area contributed by atoms with Gasteiger partial charge in [-0.15, -0.1) is 0 Å². The van der Waals surface area contributed by atoms with Crippen molar-refractivity contribution in [2.75, 3.05) is 23.9 Å². The molecular weight excluding hydrogens is 316 g/mol. The highest BCUT2D eigenvalue weighted by molar-refractivity contribution is 6.30. The summed E-state index contributed by atoms with van der Waals surface area (Å²) in [7, 11) is 1.52. The predicted octanol–water partition coefficient (Wildman–Crippen LogP) is 3.34. The van der Waals surface area contributed by atoms with Crippen molar-refractivity contribution < 1.29 is 14.3 Å². The lowest BCUT2D eigenvalue weighted by atomic mass is 10.2. The highest BCUT2D eigenvalue weighted by atomic mass is 35.5. The van der Waals surface area contributed by atoms with Gasteiger partial charge in [-0.1, -0.05) is 29.8 Å². The molecule has 0 atom stereocenters. The third-order valence-electron chi connectivity index (χ3n) is 3.17. The zero-order valence-electron chi connectivity index (χ0n) is 12.9. The third-order valence-corrected chi connectivity index (χ3v) is 3.40. The zero-order valence-corrected chi connectivity index (χ0v) is 13.6. The fourth-order valence-corrected chi connectivity index (χ4v) is 2.32. The number of hydrogen-bond donors (Lipinski definition) is 1. The Bertz CT molecular complexity index is 718. The van der Waals surface area contributed by atoms with Crippen LogP contribution in [0.4, 0.5) is 11.4 Å². The summed E-state index contributed by atoms with van der Waals surface area (Å²) in [5.41, 5.74) is 1.12. The molecule has 0 spiro atoms. The average Bonchev–Trinajstić information content (AvgIpc) is 2.52. The lowest BCUT2D eigenvalue weighted by Crippen LogP contribution is -2.36. The van der Waals surface area contributed by atoms with Crippen molar-refractivity contribution in [3.8, 4) is 5.75 Å². The van der Waals surface area contributed by atoms with E-state index >= 15 is 0 Å². The molecule has 2 amide bonds. The number of carbonyl (C=O) groups excluding carboxylic acids is 2. The molecule has 0 saturated carbocycles. The van der Waals surface area contributed by atoms with Crippen LogP contribution in [-0.4, -0.2) is 25.5 Å². The summed E-state index contributed by atoms with van der Waals surface area (Å²) in [4.78, 5) is 25.5. The van der Waals surface area contributed by atoms with Gasteiger partial charge in [0.15, 0.2) is 0 Å². The maximum atomic E-state index is 12.2. The summed E-state index contributed by atoms with van der Waals surface area (Å²) in [5, 5.41) is 3.24. The number of benzene rings is 2. The molecule has 5 nitrogen and oxygen atoms in total. The molecule has 0 unspecified atom stereocenters. The van der Waals surface area contributed by atoms with Crippen molar-refractivity contribution in [3.63, 3.8) is 0 Å². The number of methoxy groups -OCH3 is 1. The van der Waals surface area contributed by atoms with Crippen LogP contribution in [0.15, 0.2) is 48.5 Å². The van der Waals surface area contributed by atoms with E-state index in [4.69, 9.17) is 16.3 Å². The molecule has 0 radical (unpaired) electrons. The smallest absolute Gasteiger partial charge is 0.244 e. The zero-order chi connectivity index (χ0) is 16.8. The average molecular weight is 333 g/mol. The van der Waals surface area contributed by atoms with E-state index in [2.05, 4.69) is 5.32 Å². The molecule has 2 aromatic rings. The summed E-state index contributed by atoms with van der Waals surface area (Å²) >= 11 is 5.89. The summed E-state index contributed by atoms with van der Waals surface area (Å²) in [6, 6.07) is 13.9. The van der Waals surface area contributed by atoms with Crippen LogP contribution in [0.25, 0.3) is 0 Å². The van der Waals surface area contributed by atoms with Gasteiger partial charge in [-0.25, -0.2) is 0 Å². The number of halogens is 1. The van der Waals surface area contributed by atoms with Crippen molar-refractivity contribution in [2.45, 2.75) is 6.92 Å². The van der Waals surface area contributed by atoms with Crippen LogP contribution in [0.1, 0.15) is 6.92 Å². The van der Waals surface area contributed by atoms with Gasteiger partial charge in [-0.05, 0) is 30.3 Å². The van der Waals surface area contributed by atoms with Crippen molar-refractivity contribution in [3.05, 3.63) is 53.6 Å². The molecular formula is C17H17ClN2O3. The second-order valence-electron chi connectivity index (χ2n) is 4.84. The van der Waals surface area contributed by atoms with Crippen molar-refractivity contribution in [2.24, 2.45) is 0 Å². The first-order chi connectivity index (χ1) is 11.0. The lowest BCUT2D eigenvalue weighted by Gasteiger charge is -2.22. The number of ether oxygens (including phenoxy) is 1. The fourth-order valence-electron chi connectivity index (χ4n) is 2.13. The van der Waals surface area contributed by atoms with Crippen LogP contribution in [0.3, 0.4) is 0 Å². The monoisotopic (exact) mass is 332 g/mol. The minimum absolute atomic E-state index is 0.123. The van der Waals surface area contributed by atoms with Gasteiger partial charge < -0.3 is 10.1 Å². The lowest BCUT2D eigenvalue weighted by molar-refractivity contribution is -0.120. The first kappa shape index (κ1) is 16.8. The molecule has 0 bridgehead atoms. The van der Waals surface area contributed by atoms with E-state index in [0.29, 0.717) is 22.1 Å². The molecule has 0 fully saturated rings. The number of hydrogen-bond acceptors (Lipinski definition) is 3. The summed E-state index contributed by atoms with van der Waals surface area (Å²) in [5.74, 6) is -0.0534. The van der Waals surface area contributed by atoms with Crippen molar-refractivity contribution in [1.29, 1.82) is 0 Å². The Hall–Kier alpha value is -2.53. The normalized spacial score (nSPS) is 10.0. The summed E-state index contributed by atoms with van der Waals surface area (Å²) in [6.07, 6.45) is 0. The first-order valence-electron chi connectivity index (χ1n) is 6.98. The molecule has 2 rings (SSSR count). The van der Waals surface area contributed by atoms with Gasteiger partial charge in [-0.2, -0.15) is 0 Å². The third kappa shape index (κ3) is 4.47. The van der Waals surface area contributed by atoms with Crippen molar-refractivity contribution >= 4 is 34.8 Å². The van der Waals surface area contributed by atoms with Gasteiger partial charge in [0.25, 0.3) is 0 Å². The van der Waals surface area contributed by atoms with E-state index in [-0.39, 0.29) is 18.4 Å². The molecule has 0 aliphatic rings. The van der Waals surface area contributed by atoms with E-state index in [1.54, 1.807) is 48.5 Å². The minimum Gasteiger partial charge on any atom is -0.495 e. The molecule has 6 heteroatoms. The largest absolute Gasteiger partial charge is 0.495 e. The summed E-state index contributed by atoms with van der Waals surface area (Å²) in [6.45, 7) is 1.28. The highest BCUT2D eigenvalue weighted by Crippen LogP contribution is 2.27. The SMILES string of the molecule is COc1ccccc1N(CC(=O)Nc1cccc(Cl)c1)C(C)=O. The number of anilines is 2. The fraction of sp³-hybridized carbons (Fsp3) is 0.176. The molecule has 120 valence electrons. The second kappa shape index (κ2) is 7.65. The van der Waals surface area contributed by atoms with Gasteiger partial charge in [0, 0.05) is 17.6 Å². The minimum atomic E-state index is -0.326. The molecule has 0 aliphatic heterocycles. The van der Waals surface area contributed by atoms with Crippen LogP contribution in [-0.2, 0) is 9.59 Å². The van der Waals surface area contributed by atoms with Gasteiger partial charge in [-0.3, -0.25) is 14.5 Å². The number of carbonyl (C=O) groups is 2. The van der Waals surface area contributed by atoms with Gasteiger partial charge in [0.1, 0.15) is 12.3 Å². The van der Waals surface area contributed by atoms with Gasteiger partial charge in [0.2, 0.25) is 11.8 Å². The van der Waals surface area contributed by atoms with Gasteiger partial charge >= 0.3 is 0 Å². The Balaban J connectivity index is 2.16. The maximum Gasteiger partial charge on any atom is 0.244 e. The topological polar surface area (TPSA) is 58.6 Å². The van der Waals surface area contributed by atoms with Crippen LogP contribution < -0.4 is 15.0 Å². The van der Waals surface area contributed by atoms with Crippen LogP contribution >= 0.6 is 11.6 Å². The number of nitrogens with zero attached hydrogens (tertiary/aromatic N) is 1. The van der Waals surface area contributed by atoms with E-state index in [0.717, 1.165) is 0 Å². The Morgan fingerprint density at radius 1 is 1.17 bits per heavy atom. The molecule has 0 saturated heterocycles. The van der Waals surface area contributed by atoms with E-state index < -0.39 is 0 Å². The first-order valence-corrected chi connectivity index (χ1v) is 7.35. The Morgan fingerprint density at radius 3 is 2.57 bits per heavy atom.